The van der Waals surface area contributed by atoms with E-state index in [9.17, 15) is 14.4 Å². The molecule has 0 spiro atoms. The third kappa shape index (κ3) is 8.84. The van der Waals surface area contributed by atoms with Gasteiger partial charge in [-0.1, -0.05) is 60.1 Å². The molecule has 194 valence electrons. The molecule has 0 saturated heterocycles. The summed E-state index contributed by atoms with van der Waals surface area (Å²) in [5.41, 5.74) is 14.5. The van der Waals surface area contributed by atoms with Gasteiger partial charge in [0.1, 0.15) is 18.4 Å². The molecule has 3 amide bonds. The molecule has 0 aromatic heterocycles. The molecular weight excluding hydrogens is 462 g/mol. The van der Waals surface area contributed by atoms with Crippen molar-refractivity contribution in [1.29, 1.82) is 0 Å². The number of ether oxygens (including phenoxy) is 1. The van der Waals surface area contributed by atoms with Crippen molar-refractivity contribution in [3.8, 4) is 0 Å². The molecular formula is C25H35N7O4. The summed E-state index contributed by atoms with van der Waals surface area (Å²) in [4.78, 5) is 38.4. The number of carbonyl (C=O) groups excluding carboxylic acids is 3. The van der Waals surface area contributed by atoms with E-state index < -0.39 is 42.3 Å². The van der Waals surface area contributed by atoms with Crippen molar-refractivity contribution in [3.05, 3.63) is 65.2 Å². The second-order valence-corrected chi connectivity index (χ2v) is 8.40. The van der Waals surface area contributed by atoms with Crippen LogP contribution in [0.4, 0.5) is 10.5 Å². The van der Waals surface area contributed by atoms with Crippen LogP contribution < -0.4 is 27.4 Å². The van der Waals surface area contributed by atoms with Crippen LogP contribution in [0.25, 0.3) is 0 Å². The van der Waals surface area contributed by atoms with Gasteiger partial charge in [0, 0.05) is 12.5 Å². The van der Waals surface area contributed by atoms with Crippen molar-refractivity contribution in [2.24, 2.45) is 21.7 Å². The van der Waals surface area contributed by atoms with E-state index in [-0.39, 0.29) is 6.42 Å². The first-order valence-corrected chi connectivity index (χ1v) is 11.6. The predicted molar refractivity (Wildman–Crippen MR) is 136 cm³/mol. The van der Waals surface area contributed by atoms with Crippen LogP contribution in [0.1, 0.15) is 30.0 Å². The lowest BCUT2D eigenvalue weighted by molar-refractivity contribution is -0.146. The number of nitrogens with zero attached hydrogens (tertiary/aromatic N) is 2. The van der Waals surface area contributed by atoms with E-state index in [2.05, 4.69) is 26.2 Å². The number of benzene rings is 2. The van der Waals surface area contributed by atoms with Gasteiger partial charge in [-0.15, -0.1) is 5.11 Å². The lowest BCUT2D eigenvalue weighted by Crippen LogP contribution is -2.62. The van der Waals surface area contributed by atoms with Gasteiger partial charge in [0.25, 0.3) is 0 Å². The average molecular weight is 498 g/mol. The molecule has 11 nitrogen and oxygen atoms in total. The molecule has 7 N–H and O–H groups in total. The van der Waals surface area contributed by atoms with E-state index in [1.807, 2.05) is 56.3 Å². The van der Waals surface area contributed by atoms with E-state index in [1.54, 1.807) is 13.0 Å². The van der Waals surface area contributed by atoms with Crippen LogP contribution in [-0.4, -0.2) is 49.4 Å². The van der Waals surface area contributed by atoms with Gasteiger partial charge in [0.15, 0.2) is 0 Å². The van der Waals surface area contributed by atoms with Crippen molar-refractivity contribution < 1.29 is 19.1 Å². The number of esters is 1. The Balaban J connectivity index is 2.24. The van der Waals surface area contributed by atoms with E-state index in [1.165, 1.54) is 7.11 Å². The second kappa shape index (κ2) is 14.0. The fourth-order valence-electron chi connectivity index (χ4n) is 3.66. The van der Waals surface area contributed by atoms with Crippen molar-refractivity contribution in [1.82, 2.24) is 16.0 Å². The molecule has 3 unspecified atom stereocenters. The maximum Gasteiger partial charge on any atom is 0.360 e. The molecule has 3 atom stereocenters. The van der Waals surface area contributed by atoms with Crippen molar-refractivity contribution in [2.45, 2.75) is 58.0 Å². The first-order chi connectivity index (χ1) is 17.1. The van der Waals surface area contributed by atoms with Crippen LogP contribution in [0, 0.1) is 13.8 Å². The Bertz CT molecular complexity index is 1060. The Morgan fingerprint density at radius 3 is 2.31 bits per heavy atom. The second-order valence-electron chi connectivity index (χ2n) is 8.40. The molecule has 36 heavy (non-hydrogen) atoms. The number of nitrogens with one attached hydrogen (secondary N) is 3. The fraction of sp³-hybridized carbons (Fsp3) is 0.400. The Hall–Kier alpha value is -3.67. The maximum atomic E-state index is 13.3. The normalized spacial score (nSPS) is 13.8. The molecule has 2 aromatic carbocycles. The number of methoxy groups -OCH3 is 1. The standard InChI is InChI=1S/C25H35N7O4/c1-5-18(28-24(26)27)21(23(34)36-4)30-22(33)20(14-17-9-7-6-8-10-17)29-25(35)32-31-19-12-11-15(2)13-16(19)3/h6-13,18,20-21,24,28H,5,14,26-27H2,1-4H3,(H,29,35)(H,30,33)/b32-31+. The molecule has 2 aromatic rings. The number of hydrogen-bond donors (Lipinski definition) is 5. The number of urea groups is 1. The summed E-state index contributed by atoms with van der Waals surface area (Å²) >= 11 is 0. The minimum absolute atomic E-state index is 0.159. The van der Waals surface area contributed by atoms with E-state index in [4.69, 9.17) is 16.2 Å². The number of azo groups is 1. The van der Waals surface area contributed by atoms with Gasteiger partial charge in [0.05, 0.1) is 12.8 Å². The van der Waals surface area contributed by atoms with E-state index in [0.29, 0.717) is 12.1 Å². The first-order valence-electron chi connectivity index (χ1n) is 11.6. The zero-order valence-corrected chi connectivity index (χ0v) is 21.0. The highest BCUT2D eigenvalue weighted by molar-refractivity contribution is 5.91. The smallest absolute Gasteiger partial charge is 0.360 e. The summed E-state index contributed by atoms with van der Waals surface area (Å²) in [5.74, 6) is -1.28. The van der Waals surface area contributed by atoms with Crippen LogP contribution in [0.5, 0.6) is 0 Å². The predicted octanol–water partition coefficient (Wildman–Crippen LogP) is 1.94. The van der Waals surface area contributed by atoms with E-state index >= 15 is 0 Å². The summed E-state index contributed by atoms with van der Waals surface area (Å²) in [5, 5.41) is 15.8. The molecule has 0 aliphatic heterocycles. The molecule has 0 aliphatic rings. The third-order valence-electron chi connectivity index (χ3n) is 5.50. The summed E-state index contributed by atoms with van der Waals surface area (Å²) in [7, 11) is 1.22. The van der Waals surface area contributed by atoms with Crippen molar-refractivity contribution >= 4 is 23.6 Å². The number of hydrogen-bond acceptors (Lipinski definition) is 8. The molecule has 0 heterocycles. The van der Waals surface area contributed by atoms with Crippen LogP contribution >= 0.6 is 0 Å². The molecule has 0 bridgehead atoms. The number of aryl methyl sites for hydroxylation is 2. The zero-order valence-electron chi connectivity index (χ0n) is 21.0. The van der Waals surface area contributed by atoms with Gasteiger partial charge in [-0.3, -0.25) is 10.1 Å². The summed E-state index contributed by atoms with van der Waals surface area (Å²) in [6, 6.07) is 11.2. The van der Waals surface area contributed by atoms with Gasteiger partial charge in [-0.2, -0.15) is 0 Å². The van der Waals surface area contributed by atoms with Gasteiger partial charge in [-0.25, -0.2) is 9.59 Å². The molecule has 0 radical (unpaired) electrons. The maximum absolute atomic E-state index is 13.3. The lowest BCUT2D eigenvalue weighted by Gasteiger charge is -2.29. The lowest BCUT2D eigenvalue weighted by atomic mass is 10.0. The highest BCUT2D eigenvalue weighted by Gasteiger charge is 2.33. The molecule has 11 heteroatoms. The van der Waals surface area contributed by atoms with Crippen LogP contribution in [0.3, 0.4) is 0 Å². The Morgan fingerprint density at radius 2 is 1.72 bits per heavy atom. The minimum Gasteiger partial charge on any atom is -0.467 e. The quantitative estimate of drug-likeness (QED) is 0.179. The number of nitrogens with two attached hydrogens (primary N) is 2. The van der Waals surface area contributed by atoms with Gasteiger partial charge < -0.3 is 26.8 Å². The van der Waals surface area contributed by atoms with Crippen LogP contribution in [0.15, 0.2) is 58.8 Å². The Labute approximate surface area is 211 Å². The first kappa shape index (κ1) is 28.6. The third-order valence-corrected chi connectivity index (χ3v) is 5.50. The molecule has 0 saturated carbocycles. The molecule has 0 aliphatic carbocycles. The van der Waals surface area contributed by atoms with Crippen molar-refractivity contribution in [2.75, 3.05) is 7.11 Å². The largest absolute Gasteiger partial charge is 0.467 e. The van der Waals surface area contributed by atoms with Gasteiger partial charge in [-0.05, 0) is 37.5 Å². The average Bonchev–Trinajstić information content (AvgIpc) is 2.85. The SMILES string of the molecule is CCC(NC(N)N)C(NC(=O)C(Cc1ccccc1)NC(=O)/N=N/c1ccc(C)cc1C)C(=O)OC. The molecule has 0 fully saturated rings. The van der Waals surface area contributed by atoms with E-state index in [0.717, 1.165) is 16.7 Å². The number of amides is 3. The minimum atomic E-state index is -1.09. The monoisotopic (exact) mass is 497 g/mol. The highest BCUT2D eigenvalue weighted by atomic mass is 16.5. The zero-order chi connectivity index (χ0) is 26.7. The summed E-state index contributed by atoms with van der Waals surface area (Å²) < 4.78 is 4.87. The number of rotatable bonds is 11. The van der Waals surface area contributed by atoms with Crippen LogP contribution in [0.2, 0.25) is 0 Å². The Kier molecular flexibility index (Phi) is 11.1. The van der Waals surface area contributed by atoms with Gasteiger partial charge in [0.2, 0.25) is 5.91 Å². The number of carbonyl (C=O) groups is 3. The Morgan fingerprint density at radius 1 is 1.03 bits per heavy atom. The van der Waals surface area contributed by atoms with Crippen molar-refractivity contribution in [3.63, 3.8) is 0 Å². The summed E-state index contributed by atoms with van der Waals surface area (Å²) in [6.45, 7) is 5.62. The summed E-state index contributed by atoms with van der Waals surface area (Å²) in [6.07, 6.45) is -0.332. The van der Waals surface area contributed by atoms with Gasteiger partial charge >= 0.3 is 12.0 Å². The fourth-order valence-corrected chi connectivity index (χ4v) is 3.66. The molecule has 2 rings (SSSR count). The van der Waals surface area contributed by atoms with Crippen LogP contribution in [-0.2, 0) is 20.7 Å². The highest BCUT2D eigenvalue weighted by Crippen LogP contribution is 2.19. The topological polar surface area (TPSA) is 173 Å².